The first kappa shape index (κ1) is 13.6. The standard InChI is InChI=1S/C16H14Br2/c1-11(13-3-7-15(17)8-4-13)12(2)14-5-9-16(18)10-6-14/h3-10H,1-2H3. The molecule has 0 bridgehead atoms. The Bertz CT molecular complexity index is 510. The van der Waals surface area contributed by atoms with Crippen LogP contribution in [0.5, 0.6) is 0 Å². The minimum atomic E-state index is 1.11. The molecule has 0 saturated heterocycles. The lowest BCUT2D eigenvalue weighted by Gasteiger charge is -2.09. The highest BCUT2D eigenvalue weighted by molar-refractivity contribution is 9.10. The predicted molar refractivity (Wildman–Crippen MR) is 86.4 cm³/mol. The Balaban J connectivity index is 2.40. The van der Waals surface area contributed by atoms with Crippen LogP contribution in [0.25, 0.3) is 11.1 Å². The Kier molecular flexibility index (Phi) is 4.41. The van der Waals surface area contributed by atoms with Gasteiger partial charge in [-0.1, -0.05) is 56.1 Å². The monoisotopic (exact) mass is 364 g/mol. The summed E-state index contributed by atoms with van der Waals surface area (Å²) in [6, 6.07) is 16.9. The largest absolute Gasteiger partial charge is 0.0536 e. The fourth-order valence-corrected chi connectivity index (χ4v) is 2.36. The first-order chi connectivity index (χ1) is 8.58. The quantitative estimate of drug-likeness (QED) is 0.559. The number of allylic oxidation sites excluding steroid dienone is 2. The minimum absolute atomic E-state index is 1.11. The molecule has 92 valence electrons. The second-order valence-electron chi connectivity index (χ2n) is 4.26. The van der Waals surface area contributed by atoms with Gasteiger partial charge in [-0.2, -0.15) is 0 Å². The summed E-state index contributed by atoms with van der Waals surface area (Å²) < 4.78 is 2.22. The van der Waals surface area contributed by atoms with E-state index >= 15 is 0 Å². The van der Waals surface area contributed by atoms with Gasteiger partial charge in [0.05, 0.1) is 0 Å². The summed E-state index contributed by atoms with van der Waals surface area (Å²) in [7, 11) is 0. The molecular weight excluding hydrogens is 352 g/mol. The van der Waals surface area contributed by atoms with Gasteiger partial charge in [-0.3, -0.25) is 0 Å². The molecule has 2 aromatic carbocycles. The molecule has 0 aliphatic heterocycles. The van der Waals surface area contributed by atoms with Gasteiger partial charge in [0, 0.05) is 8.95 Å². The second kappa shape index (κ2) is 5.85. The second-order valence-corrected chi connectivity index (χ2v) is 6.10. The van der Waals surface area contributed by atoms with Crippen LogP contribution in [0.1, 0.15) is 25.0 Å². The van der Waals surface area contributed by atoms with E-state index in [1.165, 1.54) is 22.3 Å². The van der Waals surface area contributed by atoms with Crippen molar-refractivity contribution in [2.75, 3.05) is 0 Å². The van der Waals surface area contributed by atoms with Crippen molar-refractivity contribution in [3.05, 3.63) is 68.6 Å². The van der Waals surface area contributed by atoms with Crippen molar-refractivity contribution in [2.45, 2.75) is 13.8 Å². The lowest BCUT2D eigenvalue weighted by atomic mass is 9.97. The van der Waals surface area contributed by atoms with Crippen LogP contribution in [0.2, 0.25) is 0 Å². The number of hydrogen-bond acceptors (Lipinski definition) is 0. The van der Waals surface area contributed by atoms with E-state index < -0.39 is 0 Å². The van der Waals surface area contributed by atoms with E-state index in [2.05, 4.69) is 94.2 Å². The molecule has 0 spiro atoms. The van der Waals surface area contributed by atoms with E-state index in [0.29, 0.717) is 0 Å². The van der Waals surface area contributed by atoms with Crippen LogP contribution >= 0.6 is 31.9 Å². The molecule has 0 nitrogen and oxygen atoms in total. The molecule has 0 atom stereocenters. The highest BCUT2D eigenvalue weighted by Crippen LogP contribution is 2.27. The van der Waals surface area contributed by atoms with Gasteiger partial charge in [-0.25, -0.2) is 0 Å². The van der Waals surface area contributed by atoms with Gasteiger partial charge in [-0.05, 0) is 60.4 Å². The third-order valence-electron chi connectivity index (χ3n) is 3.12. The van der Waals surface area contributed by atoms with E-state index in [1.54, 1.807) is 0 Å². The van der Waals surface area contributed by atoms with Crippen molar-refractivity contribution in [1.29, 1.82) is 0 Å². The predicted octanol–water partition coefficient (Wildman–Crippen LogP) is 6.16. The molecule has 0 aliphatic carbocycles. The van der Waals surface area contributed by atoms with Crippen molar-refractivity contribution in [3.63, 3.8) is 0 Å². The fourth-order valence-electron chi connectivity index (χ4n) is 1.83. The minimum Gasteiger partial charge on any atom is -0.0536 e. The molecule has 0 aliphatic rings. The molecule has 0 radical (unpaired) electrons. The van der Waals surface area contributed by atoms with Crippen molar-refractivity contribution < 1.29 is 0 Å². The molecule has 0 heterocycles. The van der Waals surface area contributed by atoms with Gasteiger partial charge >= 0.3 is 0 Å². The Morgan fingerprint density at radius 1 is 0.611 bits per heavy atom. The highest BCUT2D eigenvalue weighted by atomic mass is 79.9. The highest BCUT2D eigenvalue weighted by Gasteiger charge is 2.03. The Hall–Kier alpha value is -0.860. The summed E-state index contributed by atoms with van der Waals surface area (Å²) in [6.07, 6.45) is 0. The average molecular weight is 366 g/mol. The Labute approximate surface area is 125 Å². The van der Waals surface area contributed by atoms with Crippen molar-refractivity contribution in [1.82, 2.24) is 0 Å². The summed E-state index contributed by atoms with van der Waals surface area (Å²) in [6.45, 7) is 4.33. The third-order valence-corrected chi connectivity index (χ3v) is 4.17. The first-order valence-corrected chi connectivity index (χ1v) is 7.36. The lowest BCUT2D eigenvalue weighted by molar-refractivity contribution is 1.49. The molecule has 0 N–H and O–H groups in total. The van der Waals surface area contributed by atoms with Gasteiger partial charge in [0.15, 0.2) is 0 Å². The molecule has 0 saturated carbocycles. The molecule has 18 heavy (non-hydrogen) atoms. The summed E-state index contributed by atoms with van der Waals surface area (Å²) in [5.74, 6) is 0. The van der Waals surface area contributed by atoms with Gasteiger partial charge in [0.1, 0.15) is 0 Å². The Morgan fingerprint density at radius 3 is 1.17 bits per heavy atom. The molecular formula is C16H14Br2. The summed E-state index contributed by atoms with van der Waals surface area (Å²) in [5, 5.41) is 0. The van der Waals surface area contributed by atoms with Crippen molar-refractivity contribution in [2.24, 2.45) is 0 Å². The van der Waals surface area contributed by atoms with Crippen LogP contribution in [-0.2, 0) is 0 Å². The number of hydrogen-bond donors (Lipinski definition) is 0. The molecule has 0 fully saturated rings. The number of benzene rings is 2. The summed E-state index contributed by atoms with van der Waals surface area (Å²) in [4.78, 5) is 0. The molecule has 2 aromatic rings. The van der Waals surface area contributed by atoms with E-state index in [4.69, 9.17) is 0 Å². The van der Waals surface area contributed by atoms with Gasteiger partial charge in [-0.15, -0.1) is 0 Å². The molecule has 0 aromatic heterocycles. The smallest absolute Gasteiger partial charge is 0.0175 e. The third kappa shape index (κ3) is 3.12. The molecule has 2 rings (SSSR count). The maximum Gasteiger partial charge on any atom is 0.0175 e. The summed E-state index contributed by atoms with van der Waals surface area (Å²) in [5.41, 5.74) is 5.15. The SMILES string of the molecule is CC(=C(C)c1ccc(Br)cc1)c1ccc(Br)cc1. The average Bonchev–Trinajstić information content (AvgIpc) is 2.39. The van der Waals surface area contributed by atoms with Crippen LogP contribution in [0.15, 0.2) is 57.5 Å². The van der Waals surface area contributed by atoms with Crippen LogP contribution < -0.4 is 0 Å². The first-order valence-electron chi connectivity index (χ1n) is 5.77. The Morgan fingerprint density at radius 2 is 0.889 bits per heavy atom. The van der Waals surface area contributed by atoms with Crippen LogP contribution in [0, 0.1) is 0 Å². The van der Waals surface area contributed by atoms with Crippen LogP contribution in [0.4, 0.5) is 0 Å². The maximum absolute atomic E-state index is 3.46. The van der Waals surface area contributed by atoms with Crippen LogP contribution in [0.3, 0.4) is 0 Å². The van der Waals surface area contributed by atoms with E-state index in [0.717, 1.165) is 8.95 Å². The molecule has 2 heteroatoms. The zero-order valence-corrected chi connectivity index (χ0v) is 13.5. The van der Waals surface area contributed by atoms with E-state index in [-0.39, 0.29) is 0 Å². The van der Waals surface area contributed by atoms with Gasteiger partial charge < -0.3 is 0 Å². The zero-order valence-electron chi connectivity index (χ0n) is 10.4. The van der Waals surface area contributed by atoms with Gasteiger partial charge in [0.2, 0.25) is 0 Å². The topological polar surface area (TPSA) is 0 Å². The van der Waals surface area contributed by atoms with Crippen molar-refractivity contribution in [3.8, 4) is 0 Å². The van der Waals surface area contributed by atoms with E-state index in [9.17, 15) is 0 Å². The molecule has 0 amide bonds. The lowest BCUT2D eigenvalue weighted by Crippen LogP contribution is -1.86. The number of halogens is 2. The molecule has 0 unspecified atom stereocenters. The van der Waals surface area contributed by atoms with Crippen LogP contribution in [-0.4, -0.2) is 0 Å². The van der Waals surface area contributed by atoms with Gasteiger partial charge in [0.25, 0.3) is 0 Å². The van der Waals surface area contributed by atoms with Crippen molar-refractivity contribution >= 4 is 43.0 Å². The normalized spacial score (nSPS) is 12.2. The maximum atomic E-state index is 3.46. The van der Waals surface area contributed by atoms with E-state index in [1.807, 2.05) is 0 Å². The zero-order chi connectivity index (χ0) is 13.1. The summed E-state index contributed by atoms with van der Waals surface area (Å²) >= 11 is 6.93. The fraction of sp³-hybridized carbons (Fsp3) is 0.125. The number of rotatable bonds is 2.